The zero-order valence-corrected chi connectivity index (χ0v) is 16.5. The number of benzene rings is 2. The molecule has 0 N–H and O–H groups in total. The number of carbonyl (C=O) groups is 3. The maximum atomic E-state index is 13.3. The van der Waals surface area contributed by atoms with Crippen LogP contribution in [0, 0.1) is 10.1 Å². The van der Waals surface area contributed by atoms with Crippen molar-refractivity contribution in [1.29, 1.82) is 0 Å². The Balaban J connectivity index is 2.05. The van der Waals surface area contributed by atoms with E-state index in [9.17, 15) is 24.5 Å². The zero-order valence-electron chi connectivity index (χ0n) is 16.5. The molecule has 9 nitrogen and oxygen atoms in total. The Bertz CT molecular complexity index is 1030. The summed E-state index contributed by atoms with van der Waals surface area (Å²) in [6.07, 6.45) is 1.19. The number of hydrogen-bond acceptors (Lipinski definition) is 7. The molecule has 0 spiro atoms. The molecule has 156 valence electrons. The first kappa shape index (κ1) is 21.0. The van der Waals surface area contributed by atoms with Crippen molar-refractivity contribution < 1.29 is 28.8 Å². The van der Waals surface area contributed by atoms with Crippen LogP contribution in [0.2, 0.25) is 0 Å². The Kier molecular flexibility index (Phi) is 6.10. The SMILES string of the molecule is CCOC(=O)c1cc(C(=O)N2CCCc3c(C(=O)OC)cccc32)cc([N+](=O)[O-])c1. The lowest BCUT2D eigenvalue weighted by molar-refractivity contribution is -0.384. The summed E-state index contributed by atoms with van der Waals surface area (Å²) >= 11 is 0. The number of carbonyl (C=O) groups excluding carboxylic acids is 3. The lowest BCUT2D eigenvalue weighted by atomic mass is 9.95. The normalized spacial score (nSPS) is 12.7. The molecule has 0 fully saturated rings. The maximum Gasteiger partial charge on any atom is 0.338 e. The second-order valence-electron chi connectivity index (χ2n) is 6.60. The van der Waals surface area contributed by atoms with Crippen LogP contribution in [0.5, 0.6) is 0 Å². The van der Waals surface area contributed by atoms with Crippen molar-refractivity contribution in [3.63, 3.8) is 0 Å². The molecule has 0 bridgehead atoms. The first-order valence-corrected chi connectivity index (χ1v) is 9.36. The van der Waals surface area contributed by atoms with Crippen molar-refractivity contribution in [2.75, 3.05) is 25.2 Å². The van der Waals surface area contributed by atoms with Crippen molar-refractivity contribution >= 4 is 29.2 Å². The Morgan fingerprint density at radius 2 is 1.87 bits per heavy atom. The van der Waals surface area contributed by atoms with Crippen LogP contribution < -0.4 is 4.90 Å². The van der Waals surface area contributed by atoms with E-state index in [1.807, 2.05) is 0 Å². The summed E-state index contributed by atoms with van der Waals surface area (Å²) in [5.74, 6) is -1.75. The van der Waals surface area contributed by atoms with Crippen LogP contribution in [0.3, 0.4) is 0 Å². The van der Waals surface area contributed by atoms with Crippen molar-refractivity contribution in [1.82, 2.24) is 0 Å². The monoisotopic (exact) mass is 412 g/mol. The van der Waals surface area contributed by atoms with Gasteiger partial charge in [-0.15, -0.1) is 0 Å². The summed E-state index contributed by atoms with van der Waals surface area (Å²) < 4.78 is 9.74. The average Bonchev–Trinajstić information content (AvgIpc) is 2.77. The van der Waals surface area contributed by atoms with Crippen LogP contribution in [0.4, 0.5) is 11.4 Å². The molecule has 1 aliphatic rings. The van der Waals surface area contributed by atoms with E-state index in [-0.39, 0.29) is 23.4 Å². The van der Waals surface area contributed by atoms with Gasteiger partial charge in [-0.3, -0.25) is 14.9 Å². The molecule has 0 radical (unpaired) electrons. The van der Waals surface area contributed by atoms with E-state index < -0.39 is 22.8 Å². The number of hydrogen-bond donors (Lipinski definition) is 0. The quantitative estimate of drug-likeness (QED) is 0.421. The number of esters is 2. The molecular formula is C21H20N2O7. The van der Waals surface area contributed by atoms with Gasteiger partial charge in [-0.05, 0) is 43.5 Å². The lowest BCUT2D eigenvalue weighted by Crippen LogP contribution is -2.36. The van der Waals surface area contributed by atoms with Gasteiger partial charge in [0.25, 0.3) is 11.6 Å². The van der Waals surface area contributed by atoms with E-state index in [4.69, 9.17) is 9.47 Å². The van der Waals surface area contributed by atoms with Crippen molar-refractivity contribution in [2.24, 2.45) is 0 Å². The third kappa shape index (κ3) is 4.00. The second kappa shape index (κ2) is 8.73. The van der Waals surface area contributed by atoms with Gasteiger partial charge in [0, 0.05) is 29.9 Å². The molecule has 1 aliphatic heterocycles. The maximum absolute atomic E-state index is 13.3. The number of anilines is 1. The number of nitrogens with zero attached hydrogens (tertiary/aromatic N) is 2. The van der Waals surface area contributed by atoms with Crippen LogP contribution in [-0.4, -0.2) is 43.0 Å². The van der Waals surface area contributed by atoms with Gasteiger partial charge in [-0.1, -0.05) is 6.07 Å². The minimum Gasteiger partial charge on any atom is -0.465 e. The first-order chi connectivity index (χ1) is 14.4. The predicted molar refractivity (Wildman–Crippen MR) is 107 cm³/mol. The number of fused-ring (bicyclic) bond motifs is 1. The van der Waals surface area contributed by atoms with Gasteiger partial charge in [-0.2, -0.15) is 0 Å². The highest BCUT2D eigenvalue weighted by Crippen LogP contribution is 2.32. The number of amides is 1. The van der Waals surface area contributed by atoms with Crippen LogP contribution in [0.25, 0.3) is 0 Å². The van der Waals surface area contributed by atoms with E-state index in [0.29, 0.717) is 36.2 Å². The highest BCUT2D eigenvalue weighted by atomic mass is 16.6. The van der Waals surface area contributed by atoms with Crippen LogP contribution in [0.15, 0.2) is 36.4 Å². The number of nitro benzene ring substituents is 1. The molecule has 0 unspecified atom stereocenters. The van der Waals surface area contributed by atoms with E-state index in [2.05, 4.69) is 0 Å². The Labute approximate surface area is 172 Å². The lowest BCUT2D eigenvalue weighted by Gasteiger charge is -2.30. The summed E-state index contributed by atoms with van der Waals surface area (Å²) in [7, 11) is 1.29. The highest BCUT2D eigenvalue weighted by molar-refractivity contribution is 6.09. The zero-order chi connectivity index (χ0) is 21.8. The average molecular weight is 412 g/mol. The third-order valence-electron chi connectivity index (χ3n) is 4.79. The molecule has 3 rings (SSSR count). The van der Waals surface area contributed by atoms with Crippen LogP contribution in [0.1, 0.15) is 50.0 Å². The smallest absolute Gasteiger partial charge is 0.338 e. The van der Waals surface area contributed by atoms with E-state index in [0.717, 1.165) is 12.1 Å². The molecule has 9 heteroatoms. The molecule has 0 saturated heterocycles. The predicted octanol–water partition coefficient (Wildman–Crippen LogP) is 3.15. The second-order valence-corrected chi connectivity index (χ2v) is 6.60. The molecule has 30 heavy (non-hydrogen) atoms. The van der Waals surface area contributed by atoms with Gasteiger partial charge < -0.3 is 14.4 Å². The summed E-state index contributed by atoms with van der Waals surface area (Å²) in [6, 6.07) is 8.48. The van der Waals surface area contributed by atoms with Crippen molar-refractivity contribution in [3.8, 4) is 0 Å². The molecule has 0 saturated carbocycles. The first-order valence-electron chi connectivity index (χ1n) is 9.36. The Hall–Kier alpha value is -3.75. The fraction of sp³-hybridized carbons (Fsp3) is 0.286. The largest absolute Gasteiger partial charge is 0.465 e. The Morgan fingerprint density at radius 3 is 2.53 bits per heavy atom. The highest BCUT2D eigenvalue weighted by Gasteiger charge is 2.29. The third-order valence-corrected chi connectivity index (χ3v) is 4.79. The molecule has 0 aromatic heterocycles. The molecule has 1 amide bonds. The molecule has 0 atom stereocenters. The molecule has 0 aliphatic carbocycles. The van der Waals surface area contributed by atoms with Crippen molar-refractivity contribution in [3.05, 3.63) is 68.8 Å². The van der Waals surface area contributed by atoms with E-state index in [1.165, 1.54) is 18.1 Å². The van der Waals surface area contributed by atoms with Crippen LogP contribution in [-0.2, 0) is 15.9 Å². The summed E-state index contributed by atoms with van der Waals surface area (Å²) in [4.78, 5) is 49.5. The molecule has 2 aromatic rings. The van der Waals surface area contributed by atoms with Crippen molar-refractivity contribution in [2.45, 2.75) is 19.8 Å². The standard InChI is InChI=1S/C21H20N2O7/c1-3-30-20(25)14-10-13(11-15(12-14)23(27)28)19(24)22-9-5-7-16-17(21(26)29-2)6-4-8-18(16)22/h4,6,8,10-12H,3,5,7,9H2,1-2H3. The van der Waals surface area contributed by atoms with Crippen LogP contribution >= 0.6 is 0 Å². The number of methoxy groups -OCH3 is 1. The molecular weight excluding hydrogens is 392 g/mol. The van der Waals surface area contributed by atoms with E-state index >= 15 is 0 Å². The minimum absolute atomic E-state index is 0.0106. The van der Waals surface area contributed by atoms with Gasteiger partial charge in [0.05, 0.1) is 29.8 Å². The van der Waals surface area contributed by atoms with E-state index in [1.54, 1.807) is 25.1 Å². The van der Waals surface area contributed by atoms with Gasteiger partial charge >= 0.3 is 11.9 Å². The summed E-state index contributed by atoms with van der Waals surface area (Å²) in [5.41, 5.74) is 1.13. The molecule has 2 aromatic carbocycles. The number of rotatable bonds is 5. The fourth-order valence-electron chi connectivity index (χ4n) is 3.46. The molecule has 1 heterocycles. The number of nitro groups is 1. The van der Waals surface area contributed by atoms with Gasteiger partial charge in [0.2, 0.25) is 0 Å². The van der Waals surface area contributed by atoms with Gasteiger partial charge in [-0.25, -0.2) is 9.59 Å². The van der Waals surface area contributed by atoms with Gasteiger partial charge in [0.15, 0.2) is 0 Å². The van der Waals surface area contributed by atoms with Gasteiger partial charge in [0.1, 0.15) is 0 Å². The topological polar surface area (TPSA) is 116 Å². The Morgan fingerprint density at radius 1 is 1.13 bits per heavy atom. The minimum atomic E-state index is -0.748. The summed E-state index contributed by atoms with van der Waals surface area (Å²) in [6.45, 7) is 2.08. The number of ether oxygens (including phenoxy) is 2. The number of non-ortho nitro benzene ring substituents is 1. The summed E-state index contributed by atoms with van der Waals surface area (Å²) in [5, 5.41) is 11.3. The fourth-order valence-corrected chi connectivity index (χ4v) is 3.46.